The highest BCUT2D eigenvalue weighted by Crippen LogP contribution is 2.20. The maximum absolute atomic E-state index is 11.7. The second-order valence-corrected chi connectivity index (χ2v) is 2.23. The number of rotatable bonds is 4. The van der Waals surface area contributed by atoms with E-state index in [1.54, 1.807) is 0 Å². The molecule has 0 bridgehead atoms. The van der Waals surface area contributed by atoms with E-state index in [1.807, 2.05) is 0 Å². The Labute approximate surface area is 77.1 Å². The lowest BCUT2D eigenvalue weighted by Crippen LogP contribution is -2.03. The minimum atomic E-state index is -2.93. The summed E-state index contributed by atoms with van der Waals surface area (Å²) in [6.45, 7) is -5.87. The molecule has 0 aromatic heterocycles. The summed E-state index contributed by atoms with van der Waals surface area (Å²) in [5.41, 5.74) is 0. The van der Waals surface area contributed by atoms with Gasteiger partial charge in [0.05, 0.1) is 0 Å². The summed E-state index contributed by atoms with van der Waals surface area (Å²) in [5, 5.41) is 0. The second-order valence-electron chi connectivity index (χ2n) is 2.23. The number of hydrogen-bond acceptors (Lipinski definition) is 2. The van der Waals surface area contributed by atoms with Crippen LogP contribution in [0.5, 0.6) is 11.5 Å². The molecule has 0 saturated heterocycles. The van der Waals surface area contributed by atoms with Gasteiger partial charge in [-0.1, -0.05) is 0 Å². The molecule has 0 atom stereocenters. The van der Waals surface area contributed by atoms with Gasteiger partial charge in [0, 0.05) is 0 Å². The van der Waals surface area contributed by atoms with E-state index < -0.39 is 13.2 Å². The summed E-state index contributed by atoms with van der Waals surface area (Å²) in [5.74, 6) is -0.219. The molecule has 0 aliphatic carbocycles. The zero-order valence-corrected chi connectivity index (χ0v) is 6.79. The summed E-state index contributed by atoms with van der Waals surface area (Å²) in [7, 11) is 0. The first-order valence-corrected chi connectivity index (χ1v) is 3.57. The number of ether oxygens (including phenoxy) is 2. The van der Waals surface area contributed by atoms with Crippen molar-refractivity contribution in [2.45, 2.75) is 13.2 Å². The first-order chi connectivity index (χ1) is 6.58. The smallest absolute Gasteiger partial charge is 0.387 e. The van der Waals surface area contributed by atoms with Crippen LogP contribution in [0.4, 0.5) is 17.6 Å². The predicted octanol–water partition coefficient (Wildman–Crippen LogP) is 2.89. The van der Waals surface area contributed by atoms with Gasteiger partial charge in [-0.2, -0.15) is 17.6 Å². The van der Waals surface area contributed by atoms with Crippen LogP contribution in [0.1, 0.15) is 0 Å². The minimum Gasteiger partial charge on any atom is -0.435 e. The maximum Gasteiger partial charge on any atom is 0.387 e. The average Bonchev–Trinajstić information content (AvgIpc) is 2.06. The summed E-state index contributed by atoms with van der Waals surface area (Å²) >= 11 is 0. The Bertz CT molecular complexity index is 244. The summed E-state index contributed by atoms with van der Waals surface area (Å²) in [4.78, 5) is 0. The lowest BCUT2D eigenvalue weighted by molar-refractivity contribution is -0.0529. The molecule has 78 valence electrons. The SMILES string of the molecule is FC(F)Oc1ccc(OC(F)F)cc1. The summed E-state index contributed by atoms with van der Waals surface area (Å²) in [6, 6.07) is 4.46. The Hall–Kier alpha value is -1.46. The van der Waals surface area contributed by atoms with E-state index in [9.17, 15) is 17.6 Å². The molecule has 0 aliphatic rings. The molecule has 2 nitrogen and oxygen atoms in total. The fraction of sp³-hybridized carbons (Fsp3) is 0.250. The first kappa shape index (κ1) is 10.6. The van der Waals surface area contributed by atoms with Crippen LogP contribution in [0.25, 0.3) is 0 Å². The van der Waals surface area contributed by atoms with Gasteiger partial charge >= 0.3 is 13.2 Å². The molecule has 6 heteroatoms. The zero-order valence-electron chi connectivity index (χ0n) is 6.79. The van der Waals surface area contributed by atoms with E-state index in [0.29, 0.717) is 0 Å². The largest absolute Gasteiger partial charge is 0.435 e. The molecule has 14 heavy (non-hydrogen) atoms. The van der Waals surface area contributed by atoms with Gasteiger partial charge in [-0.15, -0.1) is 0 Å². The van der Waals surface area contributed by atoms with Crippen LogP contribution in [0.2, 0.25) is 0 Å². The van der Waals surface area contributed by atoms with Gasteiger partial charge in [0.25, 0.3) is 0 Å². The topological polar surface area (TPSA) is 18.5 Å². The predicted molar refractivity (Wildman–Crippen MR) is 39.7 cm³/mol. The van der Waals surface area contributed by atoms with Crippen molar-refractivity contribution in [2.75, 3.05) is 0 Å². The van der Waals surface area contributed by atoms with Gasteiger partial charge < -0.3 is 9.47 Å². The lowest BCUT2D eigenvalue weighted by Gasteiger charge is -2.06. The Morgan fingerprint density at radius 1 is 0.714 bits per heavy atom. The Kier molecular flexibility index (Phi) is 3.55. The number of hydrogen-bond donors (Lipinski definition) is 0. The van der Waals surface area contributed by atoms with Crippen LogP contribution in [0.3, 0.4) is 0 Å². The van der Waals surface area contributed by atoms with Crippen molar-refractivity contribution in [1.82, 2.24) is 0 Å². The Morgan fingerprint density at radius 2 is 1.00 bits per heavy atom. The molecule has 0 radical (unpaired) electrons. The van der Waals surface area contributed by atoms with Gasteiger partial charge in [0.1, 0.15) is 11.5 Å². The van der Waals surface area contributed by atoms with Gasteiger partial charge in [-0.25, -0.2) is 0 Å². The highest BCUT2D eigenvalue weighted by atomic mass is 19.3. The maximum atomic E-state index is 11.7. The fourth-order valence-electron chi connectivity index (χ4n) is 0.803. The van der Waals surface area contributed by atoms with E-state index in [0.717, 1.165) is 24.3 Å². The normalized spacial score (nSPS) is 10.7. The quantitative estimate of drug-likeness (QED) is 0.711. The summed E-state index contributed by atoms with van der Waals surface area (Å²) < 4.78 is 54.6. The molecular formula is C8H6F4O2. The van der Waals surface area contributed by atoms with Crippen LogP contribution in [-0.2, 0) is 0 Å². The molecule has 1 aromatic rings. The molecule has 0 unspecified atom stereocenters. The van der Waals surface area contributed by atoms with Crippen LogP contribution in [0.15, 0.2) is 24.3 Å². The molecule has 0 N–H and O–H groups in total. The third kappa shape index (κ3) is 3.51. The molecule has 0 fully saturated rings. The van der Waals surface area contributed by atoms with Crippen molar-refractivity contribution in [3.05, 3.63) is 24.3 Å². The van der Waals surface area contributed by atoms with Gasteiger partial charge in [-0.05, 0) is 24.3 Å². The zero-order chi connectivity index (χ0) is 10.6. The Morgan fingerprint density at radius 3 is 1.21 bits per heavy atom. The molecule has 1 aromatic carbocycles. The van der Waals surface area contributed by atoms with Gasteiger partial charge in [0.15, 0.2) is 0 Å². The van der Waals surface area contributed by atoms with Crippen molar-refractivity contribution in [2.24, 2.45) is 0 Å². The first-order valence-electron chi connectivity index (χ1n) is 3.57. The molecule has 0 aliphatic heterocycles. The lowest BCUT2D eigenvalue weighted by atomic mass is 10.3. The molecule has 0 saturated carbocycles. The molecular weight excluding hydrogens is 204 g/mol. The number of benzene rings is 1. The molecule has 0 heterocycles. The van der Waals surface area contributed by atoms with Crippen LogP contribution in [-0.4, -0.2) is 13.2 Å². The second kappa shape index (κ2) is 4.69. The van der Waals surface area contributed by atoms with E-state index in [4.69, 9.17) is 0 Å². The number of alkyl halides is 4. The van der Waals surface area contributed by atoms with Crippen molar-refractivity contribution >= 4 is 0 Å². The van der Waals surface area contributed by atoms with Crippen molar-refractivity contribution in [1.29, 1.82) is 0 Å². The molecule has 0 spiro atoms. The average molecular weight is 210 g/mol. The summed E-state index contributed by atoms with van der Waals surface area (Å²) in [6.07, 6.45) is 0. The van der Waals surface area contributed by atoms with E-state index in [2.05, 4.69) is 9.47 Å². The minimum absolute atomic E-state index is 0.110. The number of halogens is 4. The third-order valence-electron chi connectivity index (χ3n) is 1.27. The molecule has 0 amide bonds. The molecule has 1 rings (SSSR count). The standard InChI is InChI=1S/C8H6F4O2/c9-7(10)13-5-1-2-6(4-3-5)14-8(11)12/h1-4,7-8H. The third-order valence-corrected chi connectivity index (χ3v) is 1.27. The van der Waals surface area contributed by atoms with Crippen molar-refractivity contribution < 1.29 is 27.0 Å². The van der Waals surface area contributed by atoms with E-state index >= 15 is 0 Å². The Balaban J connectivity index is 2.59. The van der Waals surface area contributed by atoms with Crippen molar-refractivity contribution in [3.63, 3.8) is 0 Å². The fourth-order valence-corrected chi connectivity index (χ4v) is 0.803. The van der Waals surface area contributed by atoms with Crippen LogP contribution >= 0.6 is 0 Å². The highest BCUT2D eigenvalue weighted by molar-refractivity contribution is 5.31. The monoisotopic (exact) mass is 210 g/mol. The van der Waals surface area contributed by atoms with Gasteiger partial charge in [0.2, 0.25) is 0 Å². The van der Waals surface area contributed by atoms with Gasteiger partial charge in [-0.3, -0.25) is 0 Å². The van der Waals surface area contributed by atoms with Crippen LogP contribution in [0, 0.1) is 0 Å². The van der Waals surface area contributed by atoms with Crippen molar-refractivity contribution in [3.8, 4) is 11.5 Å². The van der Waals surface area contributed by atoms with Crippen LogP contribution < -0.4 is 9.47 Å². The highest BCUT2D eigenvalue weighted by Gasteiger charge is 2.06. The van der Waals surface area contributed by atoms with E-state index in [-0.39, 0.29) is 11.5 Å². The van der Waals surface area contributed by atoms with E-state index in [1.165, 1.54) is 0 Å².